The van der Waals surface area contributed by atoms with E-state index >= 15 is 0 Å². The van der Waals surface area contributed by atoms with Crippen LogP contribution in [0.15, 0.2) is 71.3 Å². The van der Waals surface area contributed by atoms with Crippen molar-refractivity contribution >= 4 is 29.1 Å². The van der Waals surface area contributed by atoms with E-state index in [1.807, 2.05) is 17.1 Å². The van der Waals surface area contributed by atoms with Gasteiger partial charge < -0.3 is 10.6 Å². The number of likely N-dealkylation sites (N-methyl/N-ethyl adjacent to an activating group) is 1. The largest absolute Gasteiger partial charge is 0.375 e. The standard InChI is InChI=1S/C21H22N4S/c1-24-13-17(12-15-8-4-2-5-9-15)19-18(14-24)20(25(23-19)21(22)26)16-10-6-3-7-11-16/h2-12,18,20H,13-14H2,1H3,(H2,22,26)/b17-12+/t18-,20-/m1/s1. The molecule has 0 aliphatic carbocycles. The van der Waals surface area contributed by atoms with Crippen molar-refractivity contribution in [3.8, 4) is 0 Å². The van der Waals surface area contributed by atoms with Crippen molar-refractivity contribution in [2.45, 2.75) is 6.04 Å². The van der Waals surface area contributed by atoms with Gasteiger partial charge in [0.25, 0.3) is 0 Å². The number of benzene rings is 2. The first-order valence-electron chi connectivity index (χ1n) is 8.80. The van der Waals surface area contributed by atoms with Crippen LogP contribution in [0.5, 0.6) is 0 Å². The fourth-order valence-corrected chi connectivity index (χ4v) is 4.07. The van der Waals surface area contributed by atoms with E-state index in [0.29, 0.717) is 5.11 Å². The molecule has 26 heavy (non-hydrogen) atoms. The molecule has 2 heterocycles. The topological polar surface area (TPSA) is 44.9 Å². The minimum absolute atomic E-state index is 0.0469. The van der Waals surface area contributed by atoms with Gasteiger partial charge in [0.1, 0.15) is 0 Å². The highest BCUT2D eigenvalue weighted by molar-refractivity contribution is 7.80. The first-order valence-corrected chi connectivity index (χ1v) is 9.21. The Labute approximate surface area is 159 Å². The summed E-state index contributed by atoms with van der Waals surface area (Å²) >= 11 is 5.32. The molecule has 0 radical (unpaired) electrons. The zero-order valence-corrected chi connectivity index (χ0v) is 15.6. The second-order valence-corrected chi connectivity index (χ2v) is 7.33. The number of thiocarbonyl (C=S) groups is 1. The normalized spacial score (nSPS) is 24.4. The number of rotatable bonds is 2. The number of hydrogen-bond acceptors (Lipinski definition) is 3. The molecule has 2 N–H and O–H groups in total. The number of hydrazone groups is 1. The van der Waals surface area contributed by atoms with Crippen molar-refractivity contribution in [3.63, 3.8) is 0 Å². The first kappa shape index (κ1) is 16.9. The van der Waals surface area contributed by atoms with Gasteiger partial charge >= 0.3 is 0 Å². The number of nitrogens with zero attached hydrogens (tertiary/aromatic N) is 3. The lowest BCUT2D eigenvalue weighted by molar-refractivity contribution is 0.249. The van der Waals surface area contributed by atoms with Crippen LogP contribution in [0.4, 0.5) is 0 Å². The van der Waals surface area contributed by atoms with Gasteiger partial charge in [-0.05, 0) is 42.0 Å². The molecule has 132 valence electrons. The SMILES string of the molecule is CN1C/C(=C\c2ccccc2)C2=NN(C(N)=S)[C@H](c3ccccc3)[C@@H]2C1. The summed E-state index contributed by atoms with van der Waals surface area (Å²) in [5, 5.41) is 7.01. The van der Waals surface area contributed by atoms with Crippen LogP contribution >= 0.6 is 12.2 Å². The van der Waals surface area contributed by atoms with Gasteiger partial charge in [0.2, 0.25) is 0 Å². The molecule has 1 fully saturated rings. The Morgan fingerprint density at radius 2 is 1.77 bits per heavy atom. The van der Waals surface area contributed by atoms with E-state index in [0.717, 1.165) is 18.8 Å². The molecule has 2 aromatic rings. The van der Waals surface area contributed by atoms with Crippen LogP contribution < -0.4 is 5.73 Å². The maximum atomic E-state index is 6.03. The monoisotopic (exact) mass is 362 g/mol. The van der Waals surface area contributed by atoms with Crippen LogP contribution in [-0.4, -0.2) is 40.9 Å². The third-order valence-electron chi connectivity index (χ3n) is 5.00. The van der Waals surface area contributed by atoms with Crippen LogP contribution in [0, 0.1) is 5.92 Å². The summed E-state index contributed by atoms with van der Waals surface area (Å²) in [4.78, 5) is 2.34. The average Bonchev–Trinajstić information content (AvgIpc) is 3.03. The van der Waals surface area contributed by atoms with Gasteiger partial charge in [0.05, 0.1) is 11.8 Å². The Balaban J connectivity index is 1.77. The van der Waals surface area contributed by atoms with E-state index < -0.39 is 0 Å². The van der Waals surface area contributed by atoms with E-state index in [2.05, 4.69) is 66.6 Å². The van der Waals surface area contributed by atoms with Crippen LogP contribution in [0.2, 0.25) is 0 Å². The molecule has 0 unspecified atom stereocenters. The quantitative estimate of drug-likeness (QED) is 0.833. The van der Waals surface area contributed by atoms with Crippen molar-refractivity contribution in [1.29, 1.82) is 0 Å². The highest BCUT2D eigenvalue weighted by Crippen LogP contribution is 2.40. The summed E-state index contributed by atoms with van der Waals surface area (Å²) in [6.07, 6.45) is 2.23. The molecule has 4 nitrogen and oxygen atoms in total. The van der Waals surface area contributed by atoms with Crippen molar-refractivity contribution in [2.24, 2.45) is 16.8 Å². The molecule has 2 aliphatic heterocycles. The fraction of sp³-hybridized carbons (Fsp3) is 0.238. The number of piperidine rings is 1. The fourth-order valence-electron chi connectivity index (χ4n) is 3.91. The summed E-state index contributed by atoms with van der Waals surface area (Å²) in [7, 11) is 2.15. The number of nitrogens with two attached hydrogens (primary N) is 1. The van der Waals surface area contributed by atoms with Crippen LogP contribution in [0.3, 0.4) is 0 Å². The maximum absolute atomic E-state index is 6.03. The van der Waals surface area contributed by atoms with E-state index in [4.69, 9.17) is 23.1 Å². The smallest absolute Gasteiger partial charge is 0.187 e. The van der Waals surface area contributed by atoms with Crippen molar-refractivity contribution < 1.29 is 0 Å². The summed E-state index contributed by atoms with van der Waals surface area (Å²) in [6, 6.07) is 20.8. The van der Waals surface area contributed by atoms with Gasteiger partial charge in [-0.15, -0.1) is 0 Å². The van der Waals surface area contributed by atoms with Crippen LogP contribution in [0.1, 0.15) is 17.2 Å². The van der Waals surface area contributed by atoms with E-state index in [1.165, 1.54) is 16.7 Å². The van der Waals surface area contributed by atoms with Gasteiger partial charge in [-0.2, -0.15) is 5.10 Å². The zero-order chi connectivity index (χ0) is 18.1. The molecule has 0 aromatic heterocycles. The molecule has 5 heteroatoms. The minimum Gasteiger partial charge on any atom is -0.375 e. The van der Waals surface area contributed by atoms with Gasteiger partial charge in [-0.1, -0.05) is 60.7 Å². The lowest BCUT2D eigenvalue weighted by Crippen LogP contribution is -2.42. The second kappa shape index (κ2) is 7.02. The van der Waals surface area contributed by atoms with Gasteiger partial charge in [0.15, 0.2) is 5.11 Å². The highest BCUT2D eigenvalue weighted by Gasteiger charge is 2.43. The molecule has 2 aromatic carbocycles. The summed E-state index contributed by atoms with van der Waals surface area (Å²) in [6.45, 7) is 1.81. The zero-order valence-electron chi connectivity index (χ0n) is 14.7. The predicted molar refractivity (Wildman–Crippen MR) is 111 cm³/mol. The Morgan fingerprint density at radius 3 is 2.42 bits per heavy atom. The number of hydrogen-bond donors (Lipinski definition) is 1. The molecule has 4 rings (SSSR count). The molecular weight excluding hydrogens is 340 g/mol. The molecular formula is C21H22N4S. The van der Waals surface area contributed by atoms with E-state index in [1.54, 1.807) is 0 Å². The molecule has 0 bridgehead atoms. The van der Waals surface area contributed by atoms with Crippen LogP contribution in [0.25, 0.3) is 6.08 Å². The number of likely N-dealkylation sites (tertiary alicyclic amines) is 1. The summed E-state index contributed by atoms with van der Waals surface area (Å²) < 4.78 is 0. The highest BCUT2D eigenvalue weighted by atomic mass is 32.1. The third kappa shape index (κ3) is 3.16. The molecule has 0 spiro atoms. The predicted octanol–water partition coefficient (Wildman–Crippen LogP) is 3.29. The van der Waals surface area contributed by atoms with E-state index in [-0.39, 0.29) is 12.0 Å². The Kier molecular flexibility index (Phi) is 4.57. The van der Waals surface area contributed by atoms with Crippen molar-refractivity contribution in [2.75, 3.05) is 20.1 Å². The lowest BCUT2D eigenvalue weighted by atomic mass is 9.83. The summed E-state index contributed by atoms with van der Waals surface area (Å²) in [5.41, 5.74) is 10.7. The lowest BCUT2D eigenvalue weighted by Gasteiger charge is -2.34. The second-order valence-electron chi connectivity index (χ2n) is 6.91. The molecule has 0 saturated carbocycles. The third-order valence-corrected chi connectivity index (χ3v) is 5.18. The van der Waals surface area contributed by atoms with E-state index in [9.17, 15) is 0 Å². The van der Waals surface area contributed by atoms with Gasteiger partial charge in [0, 0.05) is 19.0 Å². The minimum atomic E-state index is 0.0469. The van der Waals surface area contributed by atoms with Gasteiger partial charge in [-0.25, -0.2) is 5.01 Å². The summed E-state index contributed by atoms with van der Waals surface area (Å²) in [5.74, 6) is 0.243. The van der Waals surface area contributed by atoms with Crippen LogP contribution in [-0.2, 0) is 0 Å². The molecule has 0 amide bonds. The van der Waals surface area contributed by atoms with Crippen molar-refractivity contribution in [1.82, 2.24) is 9.91 Å². The molecule has 1 saturated heterocycles. The Hall–Kier alpha value is -2.50. The Bertz CT molecular complexity index is 860. The van der Waals surface area contributed by atoms with Crippen molar-refractivity contribution in [3.05, 3.63) is 77.4 Å². The number of fused-ring (bicyclic) bond motifs is 1. The average molecular weight is 363 g/mol. The first-order chi connectivity index (χ1) is 12.6. The molecule has 2 atom stereocenters. The Morgan fingerprint density at radius 1 is 1.12 bits per heavy atom. The van der Waals surface area contributed by atoms with Gasteiger partial charge in [-0.3, -0.25) is 0 Å². The maximum Gasteiger partial charge on any atom is 0.187 e. The molecule has 2 aliphatic rings.